The molecule has 0 aromatic rings. The highest BCUT2D eigenvalue weighted by Gasteiger charge is 2.49. The summed E-state index contributed by atoms with van der Waals surface area (Å²) >= 11 is 0. The van der Waals surface area contributed by atoms with Gasteiger partial charge in [0.05, 0.1) is 0 Å². The third kappa shape index (κ3) is 14.0. The van der Waals surface area contributed by atoms with E-state index < -0.39 is 8.80 Å². The highest BCUT2D eigenvalue weighted by molar-refractivity contribution is 6.62. The summed E-state index contributed by atoms with van der Waals surface area (Å²) in [4.78, 5) is 2.29. The lowest BCUT2D eigenvalue weighted by Crippen LogP contribution is -2.50. The molecule has 0 radical (unpaired) electrons. The van der Waals surface area contributed by atoms with Gasteiger partial charge in [0.1, 0.15) is 0 Å². The molecule has 5 heteroatoms. The van der Waals surface area contributed by atoms with Crippen molar-refractivity contribution in [2.75, 3.05) is 42.0 Å². The Hall–Kier alpha value is 0.0569. The van der Waals surface area contributed by atoms with Gasteiger partial charge in [-0.1, -0.05) is 104 Å². The monoisotopic (exact) mass is 459 g/mol. The van der Waals surface area contributed by atoms with Crippen molar-refractivity contribution in [3.63, 3.8) is 0 Å². The summed E-state index contributed by atoms with van der Waals surface area (Å²) in [7, 11) is 7.06. The SMILES string of the molecule is CCCCCCCCCCCC(CCCCCCN(C)C)C(CC)[Si](OC)(OC)OC. The second-order valence-electron chi connectivity index (χ2n) is 9.61. The molecule has 0 aromatic carbocycles. The van der Waals surface area contributed by atoms with Gasteiger partial charge < -0.3 is 18.2 Å². The Balaban J connectivity index is 4.58. The normalized spacial score (nSPS) is 14.3. The summed E-state index contributed by atoms with van der Waals surface area (Å²) in [5, 5.41) is 0. The van der Waals surface area contributed by atoms with Crippen molar-refractivity contribution in [3.8, 4) is 0 Å². The van der Waals surface area contributed by atoms with Gasteiger partial charge in [0.25, 0.3) is 0 Å². The average molecular weight is 460 g/mol. The van der Waals surface area contributed by atoms with E-state index in [9.17, 15) is 0 Å². The second kappa shape index (κ2) is 20.6. The van der Waals surface area contributed by atoms with Crippen LogP contribution in [0.25, 0.3) is 0 Å². The molecule has 4 nitrogen and oxygen atoms in total. The molecule has 188 valence electrons. The molecular formula is C26H57NO3Si. The minimum atomic E-state index is -2.60. The van der Waals surface area contributed by atoms with Gasteiger partial charge >= 0.3 is 8.80 Å². The zero-order chi connectivity index (χ0) is 23.4. The maximum atomic E-state index is 5.92. The molecule has 0 amide bonds. The number of rotatable bonds is 23. The minimum absolute atomic E-state index is 0.406. The highest BCUT2D eigenvalue weighted by Crippen LogP contribution is 2.40. The van der Waals surface area contributed by atoms with Gasteiger partial charge in [0.2, 0.25) is 0 Å². The first kappa shape index (κ1) is 31.1. The summed E-state index contributed by atoms with van der Waals surface area (Å²) in [6, 6.07) is 0. The number of hydrogen-bond donors (Lipinski definition) is 0. The topological polar surface area (TPSA) is 30.9 Å². The molecule has 0 heterocycles. The van der Waals surface area contributed by atoms with Crippen LogP contribution in [0, 0.1) is 5.92 Å². The fraction of sp³-hybridized carbons (Fsp3) is 1.00. The van der Waals surface area contributed by atoms with Crippen LogP contribution >= 0.6 is 0 Å². The lowest BCUT2D eigenvalue weighted by atomic mass is 9.90. The fourth-order valence-electron chi connectivity index (χ4n) is 5.03. The van der Waals surface area contributed by atoms with Crippen LogP contribution in [0.3, 0.4) is 0 Å². The lowest BCUT2D eigenvalue weighted by molar-refractivity contribution is 0.0969. The van der Waals surface area contributed by atoms with Crippen molar-refractivity contribution in [1.82, 2.24) is 4.90 Å². The first-order valence-electron chi connectivity index (χ1n) is 13.3. The Morgan fingerprint density at radius 3 is 1.42 bits per heavy atom. The molecule has 0 rings (SSSR count). The third-order valence-electron chi connectivity index (χ3n) is 6.93. The predicted molar refractivity (Wildman–Crippen MR) is 138 cm³/mol. The van der Waals surface area contributed by atoms with E-state index in [0.29, 0.717) is 11.5 Å². The molecule has 0 aliphatic heterocycles. The molecule has 0 spiro atoms. The van der Waals surface area contributed by atoms with Crippen molar-refractivity contribution >= 4 is 8.80 Å². The smallest absolute Gasteiger partial charge is 0.377 e. The summed E-state index contributed by atoms with van der Waals surface area (Å²) in [6.45, 7) is 5.77. The standard InChI is InChI=1S/C26H57NO3Si/c1-8-10-11-12-13-14-15-16-19-22-25(23-20-17-18-21-24-27(3)4)26(9-2)31(28-5,29-6)30-7/h25-26H,8-24H2,1-7H3. The van der Waals surface area contributed by atoms with E-state index in [4.69, 9.17) is 13.3 Å². The molecule has 2 atom stereocenters. The Kier molecular flexibility index (Phi) is 20.7. The van der Waals surface area contributed by atoms with Crippen LogP contribution in [0.15, 0.2) is 0 Å². The van der Waals surface area contributed by atoms with Crippen LogP contribution in [0.5, 0.6) is 0 Å². The minimum Gasteiger partial charge on any atom is -0.377 e. The first-order valence-corrected chi connectivity index (χ1v) is 15.1. The van der Waals surface area contributed by atoms with E-state index in [2.05, 4.69) is 32.8 Å². The van der Waals surface area contributed by atoms with Gasteiger partial charge in [-0.25, -0.2) is 0 Å². The Labute approximate surface area is 197 Å². The van der Waals surface area contributed by atoms with Crippen molar-refractivity contribution in [3.05, 3.63) is 0 Å². The molecule has 0 saturated heterocycles. The third-order valence-corrected chi connectivity index (χ3v) is 10.4. The van der Waals surface area contributed by atoms with E-state index >= 15 is 0 Å². The van der Waals surface area contributed by atoms with Crippen LogP contribution in [0.1, 0.15) is 117 Å². The zero-order valence-corrected chi connectivity index (χ0v) is 23.3. The van der Waals surface area contributed by atoms with E-state index in [0.717, 1.165) is 6.42 Å². The summed E-state index contributed by atoms with van der Waals surface area (Å²) in [5.74, 6) is 0.648. The van der Waals surface area contributed by atoms with Crippen molar-refractivity contribution in [2.24, 2.45) is 5.92 Å². The fourth-order valence-corrected chi connectivity index (χ4v) is 7.85. The molecule has 2 unspecified atom stereocenters. The summed E-state index contributed by atoms with van der Waals surface area (Å²) < 4.78 is 17.8. The number of nitrogens with zero attached hydrogens (tertiary/aromatic N) is 1. The van der Waals surface area contributed by atoms with E-state index in [1.807, 2.05) is 0 Å². The van der Waals surface area contributed by atoms with Crippen LogP contribution < -0.4 is 0 Å². The largest absolute Gasteiger partial charge is 0.503 e. The maximum absolute atomic E-state index is 5.92. The van der Waals surface area contributed by atoms with Crippen LogP contribution in [-0.2, 0) is 13.3 Å². The van der Waals surface area contributed by atoms with Gasteiger partial charge in [0, 0.05) is 26.9 Å². The molecule has 0 aromatic heterocycles. The van der Waals surface area contributed by atoms with Gasteiger partial charge in [-0.2, -0.15) is 0 Å². The molecular weight excluding hydrogens is 402 g/mol. The predicted octanol–water partition coefficient (Wildman–Crippen LogP) is 7.69. The van der Waals surface area contributed by atoms with Gasteiger partial charge in [0.15, 0.2) is 0 Å². The van der Waals surface area contributed by atoms with Crippen molar-refractivity contribution < 1.29 is 13.3 Å². The molecule has 31 heavy (non-hydrogen) atoms. The van der Waals surface area contributed by atoms with Crippen LogP contribution in [-0.4, -0.2) is 55.7 Å². The van der Waals surface area contributed by atoms with Gasteiger partial charge in [-0.05, 0) is 39.4 Å². The first-order chi connectivity index (χ1) is 15.0. The second-order valence-corrected chi connectivity index (χ2v) is 12.8. The average Bonchev–Trinajstić information content (AvgIpc) is 2.77. The highest BCUT2D eigenvalue weighted by atomic mass is 28.4. The van der Waals surface area contributed by atoms with Crippen molar-refractivity contribution in [1.29, 1.82) is 0 Å². The quantitative estimate of drug-likeness (QED) is 0.116. The van der Waals surface area contributed by atoms with Crippen LogP contribution in [0.2, 0.25) is 5.54 Å². The molecule has 0 N–H and O–H groups in total. The Morgan fingerprint density at radius 1 is 0.613 bits per heavy atom. The lowest BCUT2D eigenvalue weighted by Gasteiger charge is -2.37. The Morgan fingerprint density at radius 2 is 1.03 bits per heavy atom. The molecule has 0 fully saturated rings. The van der Waals surface area contributed by atoms with E-state index in [-0.39, 0.29) is 0 Å². The molecule has 0 saturated carbocycles. The van der Waals surface area contributed by atoms with Gasteiger partial charge in [-0.15, -0.1) is 0 Å². The Bertz CT molecular complexity index is 369. The van der Waals surface area contributed by atoms with E-state index in [1.54, 1.807) is 21.3 Å². The van der Waals surface area contributed by atoms with E-state index in [1.165, 1.54) is 103 Å². The maximum Gasteiger partial charge on any atom is 0.503 e. The summed E-state index contributed by atoms with van der Waals surface area (Å²) in [5.41, 5.74) is 0.406. The number of unbranched alkanes of at least 4 members (excludes halogenated alkanes) is 11. The van der Waals surface area contributed by atoms with Crippen LogP contribution in [0.4, 0.5) is 0 Å². The van der Waals surface area contributed by atoms with Gasteiger partial charge in [-0.3, -0.25) is 0 Å². The molecule has 0 aliphatic rings. The molecule has 0 bridgehead atoms. The molecule has 0 aliphatic carbocycles. The number of hydrogen-bond acceptors (Lipinski definition) is 4. The summed E-state index contributed by atoms with van der Waals surface area (Å²) in [6.07, 6.45) is 21.4. The zero-order valence-electron chi connectivity index (χ0n) is 22.3. The van der Waals surface area contributed by atoms with Crippen molar-refractivity contribution in [2.45, 2.75) is 122 Å².